The Hall–Kier alpha value is -2.76. The van der Waals surface area contributed by atoms with E-state index < -0.39 is 22.5 Å². The molecule has 1 N–H and O–H groups in total. The van der Waals surface area contributed by atoms with E-state index in [4.69, 9.17) is 4.74 Å². The minimum Gasteiger partial charge on any atom is -0.435 e. The first-order valence-electron chi connectivity index (χ1n) is 11.2. The van der Waals surface area contributed by atoms with Crippen molar-refractivity contribution in [3.05, 3.63) is 48.0 Å². The molecule has 2 fully saturated rings. The molecule has 4 rings (SSSR count). The molecule has 2 heterocycles. The number of benzene rings is 2. The van der Waals surface area contributed by atoms with Crippen molar-refractivity contribution in [3.8, 4) is 5.75 Å². The van der Waals surface area contributed by atoms with Gasteiger partial charge < -0.3 is 19.7 Å². The van der Waals surface area contributed by atoms with Crippen molar-refractivity contribution in [2.24, 2.45) is 0 Å². The number of ether oxygens (including phenoxy) is 2. The van der Waals surface area contributed by atoms with Crippen LogP contribution in [0.4, 0.5) is 20.2 Å². The fraction of sp³-hybridized carbons (Fsp3) is 0.435. The standard InChI is InChI=1S/C23H27F2N3O5S/c24-23(25)33-18-6-4-5-17(15-18)22(29)26-20-16-19(34(30,31)28-11-13-32-14-12-28)7-8-21(20)27-9-2-1-3-10-27/h4-8,15-16,23H,1-3,9-14H2,(H,26,29). The van der Waals surface area contributed by atoms with Crippen LogP contribution >= 0.6 is 0 Å². The summed E-state index contributed by atoms with van der Waals surface area (Å²) >= 11 is 0. The summed E-state index contributed by atoms with van der Waals surface area (Å²) in [5.74, 6) is -0.693. The third-order valence-corrected chi connectivity index (χ3v) is 7.74. The smallest absolute Gasteiger partial charge is 0.387 e. The molecule has 11 heteroatoms. The normalized spacial score (nSPS) is 17.6. The van der Waals surface area contributed by atoms with Gasteiger partial charge in [0.15, 0.2) is 0 Å². The highest BCUT2D eigenvalue weighted by Gasteiger charge is 2.28. The molecule has 2 aliphatic heterocycles. The second-order valence-electron chi connectivity index (χ2n) is 8.10. The van der Waals surface area contributed by atoms with Crippen molar-refractivity contribution < 1.29 is 31.5 Å². The van der Waals surface area contributed by atoms with E-state index in [1.165, 1.54) is 34.6 Å². The summed E-state index contributed by atoms with van der Waals surface area (Å²) in [5, 5.41) is 2.79. The molecule has 0 bridgehead atoms. The first kappa shape index (κ1) is 24.4. The summed E-state index contributed by atoms with van der Waals surface area (Å²) in [5.41, 5.74) is 1.18. The van der Waals surface area contributed by atoms with Gasteiger partial charge in [0.05, 0.1) is 29.5 Å². The second kappa shape index (κ2) is 10.7. The number of alkyl halides is 2. The molecule has 0 atom stereocenters. The maximum absolute atomic E-state index is 13.2. The number of amides is 1. The molecule has 2 saturated heterocycles. The molecule has 0 radical (unpaired) electrons. The summed E-state index contributed by atoms with van der Waals surface area (Å²) in [6.45, 7) is -0.265. The average Bonchev–Trinajstić information content (AvgIpc) is 2.85. The van der Waals surface area contributed by atoms with E-state index in [2.05, 4.69) is 15.0 Å². The first-order chi connectivity index (χ1) is 16.3. The molecule has 0 unspecified atom stereocenters. The highest BCUT2D eigenvalue weighted by molar-refractivity contribution is 7.89. The number of hydrogen-bond acceptors (Lipinski definition) is 6. The molecule has 0 aliphatic carbocycles. The Labute approximate surface area is 197 Å². The molecule has 8 nitrogen and oxygen atoms in total. The zero-order valence-electron chi connectivity index (χ0n) is 18.6. The van der Waals surface area contributed by atoms with Crippen LogP contribution in [0.1, 0.15) is 29.6 Å². The Kier molecular flexibility index (Phi) is 7.64. The Balaban J connectivity index is 1.65. The van der Waals surface area contributed by atoms with Crippen LogP contribution in [0.5, 0.6) is 5.75 Å². The molecule has 2 aliphatic rings. The van der Waals surface area contributed by atoms with Crippen LogP contribution in [0.15, 0.2) is 47.4 Å². The van der Waals surface area contributed by atoms with Crippen LogP contribution in [-0.2, 0) is 14.8 Å². The number of piperidine rings is 1. The molecule has 2 aromatic rings. The molecule has 2 aromatic carbocycles. The van der Waals surface area contributed by atoms with E-state index in [1.54, 1.807) is 12.1 Å². The van der Waals surface area contributed by atoms with Gasteiger partial charge in [-0.05, 0) is 55.7 Å². The van der Waals surface area contributed by atoms with Gasteiger partial charge in [-0.25, -0.2) is 8.42 Å². The van der Waals surface area contributed by atoms with E-state index in [1.807, 2.05) is 0 Å². The predicted molar refractivity (Wildman–Crippen MR) is 123 cm³/mol. The number of carbonyl (C=O) groups is 1. The Morgan fingerprint density at radius 3 is 2.44 bits per heavy atom. The predicted octanol–water partition coefficient (Wildman–Crippen LogP) is 3.55. The lowest BCUT2D eigenvalue weighted by atomic mass is 10.1. The zero-order valence-corrected chi connectivity index (χ0v) is 19.4. The number of carbonyl (C=O) groups excluding carboxylic acids is 1. The molecule has 184 valence electrons. The van der Waals surface area contributed by atoms with Gasteiger partial charge in [-0.1, -0.05) is 6.07 Å². The highest BCUT2D eigenvalue weighted by atomic mass is 32.2. The Morgan fingerprint density at radius 2 is 1.74 bits per heavy atom. The maximum atomic E-state index is 13.2. The van der Waals surface area contributed by atoms with Crippen molar-refractivity contribution >= 4 is 27.3 Å². The van der Waals surface area contributed by atoms with Gasteiger partial charge in [0.25, 0.3) is 5.91 Å². The number of nitrogens with zero attached hydrogens (tertiary/aromatic N) is 2. The summed E-state index contributed by atoms with van der Waals surface area (Å²) in [4.78, 5) is 15.2. The van der Waals surface area contributed by atoms with Gasteiger partial charge in [-0.3, -0.25) is 4.79 Å². The number of halogens is 2. The highest BCUT2D eigenvalue weighted by Crippen LogP contribution is 2.33. The number of sulfonamides is 1. The fourth-order valence-corrected chi connectivity index (χ4v) is 5.57. The van der Waals surface area contributed by atoms with Crippen LogP contribution in [0.3, 0.4) is 0 Å². The summed E-state index contributed by atoms with van der Waals surface area (Å²) in [6, 6.07) is 10.2. The largest absolute Gasteiger partial charge is 0.435 e. The quantitative estimate of drug-likeness (QED) is 0.632. The zero-order chi connectivity index (χ0) is 24.1. The minimum atomic E-state index is -3.77. The van der Waals surface area contributed by atoms with Gasteiger partial charge in [0, 0.05) is 31.7 Å². The topological polar surface area (TPSA) is 88.2 Å². The monoisotopic (exact) mass is 495 g/mol. The van der Waals surface area contributed by atoms with Crippen molar-refractivity contribution in [2.75, 3.05) is 49.6 Å². The van der Waals surface area contributed by atoms with Gasteiger partial charge in [0.2, 0.25) is 10.0 Å². The molecular formula is C23H27F2N3O5S. The van der Waals surface area contributed by atoms with Crippen molar-refractivity contribution in [1.82, 2.24) is 4.31 Å². The van der Waals surface area contributed by atoms with Crippen LogP contribution < -0.4 is 15.0 Å². The lowest BCUT2D eigenvalue weighted by Crippen LogP contribution is -2.40. The van der Waals surface area contributed by atoms with Crippen LogP contribution in [-0.4, -0.2) is 64.6 Å². The summed E-state index contributed by atoms with van der Waals surface area (Å²) < 4.78 is 62.5. The lowest BCUT2D eigenvalue weighted by Gasteiger charge is -2.31. The van der Waals surface area contributed by atoms with Crippen LogP contribution in [0, 0.1) is 0 Å². The third-order valence-electron chi connectivity index (χ3n) is 5.84. The molecule has 34 heavy (non-hydrogen) atoms. The Bertz CT molecular complexity index is 1120. The SMILES string of the molecule is O=C(Nc1cc(S(=O)(=O)N2CCOCC2)ccc1N1CCCCC1)c1cccc(OC(F)F)c1. The average molecular weight is 496 g/mol. The molecular weight excluding hydrogens is 468 g/mol. The number of anilines is 2. The van der Waals surface area contributed by atoms with Crippen molar-refractivity contribution in [3.63, 3.8) is 0 Å². The second-order valence-corrected chi connectivity index (χ2v) is 10.0. The van der Waals surface area contributed by atoms with E-state index in [0.717, 1.165) is 32.4 Å². The Morgan fingerprint density at radius 1 is 1.00 bits per heavy atom. The van der Waals surface area contributed by atoms with Crippen LogP contribution in [0.2, 0.25) is 0 Å². The molecule has 1 amide bonds. The van der Waals surface area contributed by atoms with Crippen molar-refractivity contribution in [1.29, 1.82) is 0 Å². The minimum absolute atomic E-state index is 0.0697. The van der Waals surface area contributed by atoms with Gasteiger partial charge in [-0.2, -0.15) is 13.1 Å². The molecule has 0 aromatic heterocycles. The number of hydrogen-bond donors (Lipinski definition) is 1. The van der Waals surface area contributed by atoms with E-state index in [0.29, 0.717) is 24.6 Å². The van der Waals surface area contributed by atoms with Gasteiger partial charge in [0.1, 0.15) is 5.75 Å². The summed E-state index contributed by atoms with van der Waals surface area (Å²) in [6.07, 6.45) is 3.10. The maximum Gasteiger partial charge on any atom is 0.387 e. The van der Waals surface area contributed by atoms with E-state index in [-0.39, 0.29) is 29.3 Å². The fourth-order valence-electron chi connectivity index (χ4n) is 4.13. The van der Waals surface area contributed by atoms with E-state index in [9.17, 15) is 22.0 Å². The van der Waals surface area contributed by atoms with Crippen LogP contribution in [0.25, 0.3) is 0 Å². The number of nitrogens with one attached hydrogen (secondary N) is 1. The molecule has 0 saturated carbocycles. The van der Waals surface area contributed by atoms with Gasteiger partial charge >= 0.3 is 6.61 Å². The lowest BCUT2D eigenvalue weighted by molar-refractivity contribution is -0.0498. The van der Waals surface area contributed by atoms with E-state index >= 15 is 0 Å². The molecule has 0 spiro atoms. The number of rotatable bonds is 7. The van der Waals surface area contributed by atoms with Crippen molar-refractivity contribution in [2.45, 2.75) is 30.8 Å². The first-order valence-corrected chi connectivity index (χ1v) is 12.6. The van der Waals surface area contributed by atoms with Gasteiger partial charge in [-0.15, -0.1) is 0 Å². The third kappa shape index (κ3) is 5.65. The number of morpholine rings is 1. The summed E-state index contributed by atoms with van der Waals surface area (Å²) in [7, 11) is -3.77.